The minimum atomic E-state index is -0.660. The van der Waals surface area contributed by atoms with Gasteiger partial charge in [-0.1, -0.05) is 15.9 Å². The summed E-state index contributed by atoms with van der Waals surface area (Å²) in [5, 5.41) is 9.73. The molecule has 0 saturated heterocycles. The Hall–Kier alpha value is -0.580. The second-order valence-corrected chi connectivity index (χ2v) is 3.86. The number of anilines is 1. The predicted octanol–water partition coefficient (Wildman–Crippen LogP) is 2.10. The van der Waals surface area contributed by atoms with E-state index in [1.54, 1.807) is 12.1 Å². The smallest absolute Gasteiger partial charge is 0.104 e. The van der Waals surface area contributed by atoms with Crippen LogP contribution in [0.5, 0.6) is 0 Å². The van der Waals surface area contributed by atoms with E-state index >= 15 is 0 Å². The topological polar surface area (TPSA) is 55.5 Å². The summed E-state index contributed by atoms with van der Waals surface area (Å²) in [6.07, 6.45) is -0.660. The summed E-state index contributed by atoms with van der Waals surface area (Å²) in [4.78, 5) is 0. The van der Waals surface area contributed by atoms with E-state index in [1.165, 1.54) is 0 Å². The molecule has 1 atom stereocenters. The Morgan fingerprint density at radius 2 is 2.29 bits per heavy atom. The second-order valence-electron chi connectivity index (χ2n) is 2.95. The molecule has 0 aliphatic rings. The van der Waals surface area contributed by atoms with Crippen LogP contribution in [0.2, 0.25) is 0 Å². The largest absolute Gasteiger partial charge is 0.398 e. The molecule has 0 amide bonds. The summed E-state index contributed by atoms with van der Waals surface area (Å²) in [7, 11) is 0. The van der Waals surface area contributed by atoms with Gasteiger partial charge in [0, 0.05) is 22.3 Å². The molecule has 4 heteroatoms. The van der Waals surface area contributed by atoms with Gasteiger partial charge in [0.25, 0.3) is 0 Å². The van der Waals surface area contributed by atoms with E-state index in [2.05, 4.69) is 15.9 Å². The quantitative estimate of drug-likeness (QED) is 0.815. The number of ether oxygens (including phenoxy) is 1. The van der Waals surface area contributed by atoms with Gasteiger partial charge in [-0.05, 0) is 25.1 Å². The lowest BCUT2D eigenvalue weighted by atomic mass is 10.1. The van der Waals surface area contributed by atoms with Crippen LogP contribution in [0.1, 0.15) is 18.6 Å². The van der Waals surface area contributed by atoms with Crippen LogP contribution in [0.4, 0.5) is 5.69 Å². The van der Waals surface area contributed by atoms with Gasteiger partial charge in [-0.15, -0.1) is 0 Å². The van der Waals surface area contributed by atoms with Gasteiger partial charge in [0.2, 0.25) is 0 Å². The molecule has 3 N–H and O–H groups in total. The number of benzene rings is 1. The first-order valence-electron chi connectivity index (χ1n) is 4.46. The standard InChI is InChI=1S/C10H14BrNO2/c1-2-14-6-10(13)8-5-7(11)3-4-9(8)12/h3-5,10,13H,2,6,12H2,1H3. The Labute approximate surface area is 92.0 Å². The third-order valence-corrected chi connectivity index (χ3v) is 2.38. The molecule has 3 nitrogen and oxygen atoms in total. The van der Waals surface area contributed by atoms with Gasteiger partial charge >= 0.3 is 0 Å². The SMILES string of the molecule is CCOCC(O)c1cc(Br)ccc1N. The van der Waals surface area contributed by atoms with Crippen LogP contribution < -0.4 is 5.73 Å². The number of nitrogens with two attached hydrogens (primary N) is 1. The highest BCUT2D eigenvalue weighted by atomic mass is 79.9. The molecule has 1 unspecified atom stereocenters. The highest BCUT2D eigenvalue weighted by molar-refractivity contribution is 9.10. The van der Waals surface area contributed by atoms with Gasteiger partial charge in [-0.25, -0.2) is 0 Å². The number of aliphatic hydroxyl groups is 1. The van der Waals surface area contributed by atoms with Crippen molar-refractivity contribution < 1.29 is 9.84 Å². The van der Waals surface area contributed by atoms with E-state index < -0.39 is 6.10 Å². The molecule has 0 saturated carbocycles. The van der Waals surface area contributed by atoms with Crippen molar-refractivity contribution >= 4 is 21.6 Å². The Balaban J connectivity index is 2.77. The molecule has 0 aromatic heterocycles. The normalized spacial score (nSPS) is 12.8. The number of halogens is 1. The highest BCUT2D eigenvalue weighted by Crippen LogP contribution is 2.24. The Bertz CT molecular complexity index is 304. The van der Waals surface area contributed by atoms with Gasteiger partial charge < -0.3 is 15.6 Å². The van der Waals surface area contributed by atoms with Crippen molar-refractivity contribution in [3.8, 4) is 0 Å². The first kappa shape index (κ1) is 11.5. The van der Waals surface area contributed by atoms with Gasteiger partial charge in [-0.2, -0.15) is 0 Å². The maximum absolute atomic E-state index is 9.73. The predicted molar refractivity (Wildman–Crippen MR) is 60.0 cm³/mol. The lowest BCUT2D eigenvalue weighted by Crippen LogP contribution is -2.09. The molecule has 0 spiro atoms. The fourth-order valence-electron chi connectivity index (χ4n) is 1.15. The molecule has 0 heterocycles. The summed E-state index contributed by atoms with van der Waals surface area (Å²) >= 11 is 3.33. The number of nitrogen functional groups attached to an aromatic ring is 1. The van der Waals surface area contributed by atoms with E-state index in [-0.39, 0.29) is 6.61 Å². The zero-order valence-electron chi connectivity index (χ0n) is 8.03. The van der Waals surface area contributed by atoms with Crippen LogP contribution in [0.15, 0.2) is 22.7 Å². The summed E-state index contributed by atoms with van der Waals surface area (Å²) < 4.78 is 6.02. The fraction of sp³-hybridized carbons (Fsp3) is 0.400. The lowest BCUT2D eigenvalue weighted by Gasteiger charge is -2.13. The van der Waals surface area contributed by atoms with E-state index in [0.29, 0.717) is 17.9 Å². The second kappa shape index (κ2) is 5.34. The average Bonchev–Trinajstić information content (AvgIpc) is 2.18. The summed E-state index contributed by atoms with van der Waals surface area (Å²) in [5.41, 5.74) is 7.01. The average molecular weight is 260 g/mol. The molecule has 1 aromatic rings. The van der Waals surface area contributed by atoms with Crippen molar-refractivity contribution in [2.24, 2.45) is 0 Å². The van der Waals surface area contributed by atoms with Crippen LogP contribution in [-0.4, -0.2) is 18.3 Å². The first-order chi connectivity index (χ1) is 6.65. The van der Waals surface area contributed by atoms with Crippen molar-refractivity contribution in [2.75, 3.05) is 18.9 Å². The summed E-state index contributed by atoms with van der Waals surface area (Å²) in [6, 6.07) is 5.40. The van der Waals surface area contributed by atoms with Gasteiger partial charge in [0.05, 0.1) is 6.61 Å². The Morgan fingerprint density at radius 3 is 2.93 bits per heavy atom. The Kier molecular flexibility index (Phi) is 4.38. The lowest BCUT2D eigenvalue weighted by molar-refractivity contribution is 0.0424. The summed E-state index contributed by atoms with van der Waals surface area (Å²) in [5.74, 6) is 0. The molecule has 1 rings (SSSR count). The van der Waals surface area contributed by atoms with Crippen LogP contribution in [0.3, 0.4) is 0 Å². The van der Waals surface area contributed by atoms with Gasteiger partial charge in [0.1, 0.15) is 6.10 Å². The minimum absolute atomic E-state index is 0.275. The molecule has 0 aliphatic heterocycles. The third kappa shape index (κ3) is 2.97. The van der Waals surface area contributed by atoms with Crippen LogP contribution in [0.25, 0.3) is 0 Å². The van der Waals surface area contributed by atoms with E-state index in [0.717, 1.165) is 4.47 Å². The molecule has 0 aliphatic carbocycles. The van der Waals surface area contributed by atoms with Crippen molar-refractivity contribution in [1.82, 2.24) is 0 Å². The van der Waals surface area contributed by atoms with Gasteiger partial charge in [0.15, 0.2) is 0 Å². The fourth-order valence-corrected chi connectivity index (χ4v) is 1.53. The monoisotopic (exact) mass is 259 g/mol. The maximum atomic E-state index is 9.73. The van der Waals surface area contributed by atoms with Crippen LogP contribution >= 0.6 is 15.9 Å². The number of rotatable bonds is 4. The van der Waals surface area contributed by atoms with Crippen molar-refractivity contribution in [3.05, 3.63) is 28.2 Å². The zero-order valence-corrected chi connectivity index (χ0v) is 9.62. The van der Waals surface area contributed by atoms with Crippen LogP contribution in [0, 0.1) is 0 Å². The molecule has 78 valence electrons. The van der Waals surface area contributed by atoms with Crippen molar-refractivity contribution in [3.63, 3.8) is 0 Å². The molecular weight excluding hydrogens is 246 g/mol. The summed E-state index contributed by atoms with van der Waals surface area (Å²) in [6.45, 7) is 2.75. The number of hydrogen-bond donors (Lipinski definition) is 2. The molecule has 0 bridgehead atoms. The molecular formula is C10H14BrNO2. The molecule has 0 radical (unpaired) electrons. The maximum Gasteiger partial charge on any atom is 0.104 e. The molecule has 1 aromatic carbocycles. The zero-order chi connectivity index (χ0) is 10.6. The molecule has 0 fully saturated rings. The van der Waals surface area contributed by atoms with Crippen LogP contribution in [-0.2, 0) is 4.74 Å². The highest BCUT2D eigenvalue weighted by Gasteiger charge is 2.11. The third-order valence-electron chi connectivity index (χ3n) is 1.89. The number of aliphatic hydroxyl groups excluding tert-OH is 1. The first-order valence-corrected chi connectivity index (χ1v) is 5.25. The minimum Gasteiger partial charge on any atom is -0.398 e. The van der Waals surface area contributed by atoms with Crippen molar-refractivity contribution in [2.45, 2.75) is 13.0 Å². The van der Waals surface area contributed by atoms with E-state index in [4.69, 9.17) is 10.5 Å². The van der Waals surface area contributed by atoms with E-state index in [1.807, 2.05) is 13.0 Å². The van der Waals surface area contributed by atoms with Gasteiger partial charge in [-0.3, -0.25) is 0 Å². The van der Waals surface area contributed by atoms with E-state index in [9.17, 15) is 5.11 Å². The number of hydrogen-bond acceptors (Lipinski definition) is 3. The molecule has 14 heavy (non-hydrogen) atoms. The Morgan fingerprint density at radius 1 is 1.57 bits per heavy atom. The van der Waals surface area contributed by atoms with Crippen molar-refractivity contribution in [1.29, 1.82) is 0 Å².